The Balaban J connectivity index is 1.73. The molecule has 1 unspecified atom stereocenters. The molecule has 2 aromatic rings. The zero-order valence-electron chi connectivity index (χ0n) is 13.1. The second-order valence-corrected chi connectivity index (χ2v) is 5.63. The average molecular weight is 298 g/mol. The van der Waals surface area contributed by atoms with Crippen LogP contribution in [0.5, 0.6) is 5.75 Å². The molecule has 0 spiro atoms. The maximum atomic E-state index is 6.00. The maximum Gasteiger partial charge on any atom is 0.154 e. The standard InChI is InChI=1S/C18H22N2O2/c1-18(16-8-10-17(21-2)11-9-16)19-20(12-13-22-18)14-15-6-4-3-5-7-15/h3-11,19H,12-14H2,1-2H3. The van der Waals surface area contributed by atoms with Crippen molar-refractivity contribution < 1.29 is 9.47 Å². The molecule has 0 bridgehead atoms. The van der Waals surface area contributed by atoms with Crippen molar-refractivity contribution in [3.63, 3.8) is 0 Å². The fourth-order valence-electron chi connectivity index (χ4n) is 2.73. The third-order valence-electron chi connectivity index (χ3n) is 3.98. The summed E-state index contributed by atoms with van der Waals surface area (Å²) in [6.07, 6.45) is 0. The molecule has 0 radical (unpaired) electrons. The van der Waals surface area contributed by atoms with E-state index in [1.807, 2.05) is 30.3 Å². The van der Waals surface area contributed by atoms with Crippen LogP contribution in [0, 0.1) is 0 Å². The molecule has 0 amide bonds. The highest BCUT2D eigenvalue weighted by Crippen LogP contribution is 2.27. The molecule has 0 aromatic heterocycles. The van der Waals surface area contributed by atoms with Crippen molar-refractivity contribution in [2.75, 3.05) is 20.3 Å². The van der Waals surface area contributed by atoms with Gasteiger partial charge in [0.2, 0.25) is 0 Å². The SMILES string of the molecule is COc1ccc(C2(C)NN(Cc3ccccc3)CCO2)cc1. The highest BCUT2D eigenvalue weighted by atomic mass is 16.5. The van der Waals surface area contributed by atoms with Gasteiger partial charge < -0.3 is 9.47 Å². The minimum Gasteiger partial charge on any atom is -0.497 e. The van der Waals surface area contributed by atoms with E-state index in [-0.39, 0.29) is 0 Å². The van der Waals surface area contributed by atoms with Crippen molar-refractivity contribution in [2.24, 2.45) is 0 Å². The summed E-state index contributed by atoms with van der Waals surface area (Å²) in [7, 11) is 1.67. The van der Waals surface area contributed by atoms with E-state index in [2.05, 4.69) is 41.6 Å². The van der Waals surface area contributed by atoms with Gasteiger partial charge in [0.1, 0.15) is 5.75 Å². The molecular formula is C18H22N2O2. The van der Waals surface area contributed by atoms with Crippen LogP contribution < -0.4 is 10.2 Å². The van der Waals surface area contributed by atoms with Crippen molar-refractivity contribution in [1.82, 2.24) is 10.4 Å². The number of nitrogens with zero attached hydrogens (tertiary/aromatic N) is 1. The molecule has 4 heteroatoms. The lowest BCUT2D eigenvalue weighted by atomic mass is 10.0. The maximum absolute atomic E-state index is 6.00. The molecule has 1 saturated heterocycles. The highest BCUT2D eigenvalue weighted by Gasteiger charge is 2.33. The largest absolute Gasteiger partial charge is 0.497 e. The summed E-state index contributed by atoms with van der Waals surface area (Å²) in [4.78, 5) is 0. The molecule has 4 nitrogen and oxygen atoms in total. The second kappa shape index (κ2) is 6.48. The fourth-order valence-corrected chi connectivity index (χ4v) is 2.73. The summed E-state index contributed by atoms with van der Waals surface area (Å²) in [5.74, 6) is 0.851. The van der Waals surface area contributed by atoms with Crippen LogP contribution in [0.4, 0.5) is 0 Å². The van der Waals surface area contributed by atoms with Crippen molar-refractivity contribution >= 4 is 0 Å². The third kappa shape index (κ3) is 3.30. The lowest BCUT2D eigenvalue weighted by Gasteiger charge is -2.42. The number of benzene rings is 2. The van der Waals surface area contributed by atoms with E-state index in [0.29, 0.717) is 6.61 Å². The van der Waals surface area contributed by atoms with Crippen LogP contribution in [0.1, 0.15) is 18.1 Å². The predicted molar refractivity (Wildman–Crippen MR) is 86.3 cm³/mol. The number of ether oxygens (including phenoxy) is 2. The zero-order valence-corrected chi connectivity index (χ0v) is 13.1. The van der Waals surface area contributed by atoms with Crippen LogP contribution in [0.25, 0.3) is 0 Å². The van der Waals surface area contributed by atoms with Gasteiger partial charge in [-0.25, -0.2) is 10.4 Å². The molecule has 1 atom stereocenters. The Hall–Kier alpha value is -1.88. The summed E-state index contributed by atoms with van der Waals surface area (Å²) >= 11 is 0. The van der Waals surface area contributed by atoms with Crippen LogP contribution in [0.15, 0.2) is 54.6 Å². The highest BCUT2D eigenvalue weighted by molar-refractivity contribution is 5.30. The van der Waals surface area contributed by atoms with Gasteiger partial charge in [0.25, 0.3) is 0 Å². The molecule has 0 aliphatic carbocycles. The Morgan fingerprint density at radius 1 is 1.14 bits per heavy atom. The fraction of sp³-hybridized carbons (Fsp3) is 0.333. The molecule has 22 heavy (non-hydrogen) atoms. The number of nitrogens with one attached hydrogen (secondary N) is 1. The topological polar surface area (TPSA) is 33.7 Å². The van der Waals surface area contributed by atoms with E-state index in [1.165, 1.54) is 5.56 Å². The summed E-state index contributed by atoms with van der Waals surface area (Å²) < 4.78 is 11.2. The number of hydrogen-bond donors (Lipinski definition) is 1. The van der Waals surface area contributed by atoms with Crippen molar-refractivity contribution in [3.05, 3.63) is 65.7 Å². The van der Waals surface area contributed by atoms with E-state index in [4.69, 9.17) is 9.47 Å². The molecule has 3 rings (SSSR count). The van der Waals surface area contributed by atoms with Crippen LogP contribution in [0.3, 0.4) is 0 Å². The lowest BCUT2D eigenvalue weighted by molar-refractivity contribution is -0.161. The van der Waals surface area contributed by atoms with Gasteiger partial charge in [0, 0.05) is 13.1 Å². The Bertz CT molecular complexity index is 600. The van der Waals surface area contributed by atoms with Crippen LogP contribution in [-0.4, -0.2) is 25.3 Å². The average Bonchev–Trinajstić information content (AvgIpc) is 2.56. The Kier molecular flexibility index (Phi) is 4.43. The van der Waals surface area contributed by atoms with Gasteiger partial charge in [-0.05, 0) is 30.2 Å². The van der Waals surface area contributed by atoms with E-state index < -0.39 is 5.72 Å². The van der Waals surface area contributed by atoms with Gasteiger partial charge in [-0.3, -0.25) is 0 Å². The molecule has 1 heterocycles. The summed E-state index contributed by atoms with van der Waals surface area (Å²) in [6, 6.07) is 18.5. The van der Waals surface area contributed by atoms with Gasteiger partial charge in [0.05, 0.1) is 13.7 Å². The number of methoxy groups -OCH3 is 1. The molecule has 2 aromatic carbocycles. The Morgan fingerprint density at radius 3 is 2.55 bits per heavy atom. The number of hydrogen-bond acceptors (Lipinski definition) is 4. The van der Waals surface area contributed by atoms with Crippen molar-refractivity contribution in [3.8, 4) is 5.75 Å². The summed E-state index contributed by atoms with van der Waals surface area (Å²) in [6.45, 7) is 4.48. The number of rotatable bonds is 4. The minimum atomic E-state index is -0.515. The quantitative estimate of drug-likeness (QED) is 0.941. The van der Waals surface area contributed by atoms with Crippen LogP contribution >= 0.6 is 0 Å². The van der Waals surface area contributed by atoms with Gasteiger partial charge >= 0.3 is 0 Å². The van der Waals surface area contributed by atoms with Crippen molar-refractivity contribution in [1.29, 1.82) is 0 Å². The number of hydrazine groups is 1. The van der Waals surface area contributed by atoms with E-state index in [1.54, 1.807) is 7.11 Å². The predicted octanol–water partition coefficient (Wildman–Crippen LogP) is 2.90. The molecule has 1 aliphatic heterocycles. The lowest BCUT2D eigenvalue weighted by Crippen LogP contribution is -2.57. The normalized spacial score (nSPS) is 22.5. The van der Waals surface area contributed by atoms with Gasteiger partial charge in [-0.2, -0.15) is 0 Å². The first-order valence-corrected chi connectivity index (χ1v) is 7.55. The molecule has 116 valence electrons. The zero-order chi connectivity index (χ0) is 15.4. The van der Waals surface area contributed by atoms with Crippen LogP contribution in [0.2, 0.25) is 0 Å². The molecule has 1 N–H and O–H groups in total. The van der Waals surface area contributed by atoms with Gasteiger partial charge in [-0.15, -0.1) is 0 Å². The van der Waals surface area contributed by atoms with Crippen LogP contribution in [-0.2, 0) is 17.0 Å². The summed E-state index contributed by atoms with van der Waals surface area (Å²) in [5.41, 5.74) is 5.36. The first kappa shape index (κ1) is 15.0. The minimum absolute atomic E-state index is 0.515. The smallest absolute Gasteiger partial charge is 0.154 e. The second-order valence-electron chi connectivity index (χ2n) is 5.63. The molecule has 1 fully saturated rings. The third-order valence-corrected chi connectivity index (χ3v) is 3.98. The first-order valence-electron chi connectivity index (χ1n) is 7.55. The first-order chi connectivity index (χ1) is 10.7. The molecular weight excluding hydrogens is 276 g/mol. The van der Waals surface area contributed by atoms with E-state index in [0.717, 1.165) is 24.4 Å². The van der Waals surface area contributed by atoms with Crippen molar-refractivity contribution in [2.45, 2.75) is 19.2 Å². The van der Waals surface area contributed by atoms with E-state index >= 15 is 0 Å². The molecule has 1 aliphatic rings. The Labute approximate surface area is 131 Å². The van der Waals surface area contributed by atoms with E-state index in [9.17, 15) is 0 Å². The molecule has 0 saturated carbocycles. The van der Waals surface area contributed by atoms with Gasteiger partial charge in [-0.1, -0.05) is 42.5 Å². The monoisotopic (exact) mass is 298 g/mol. The van der Waals surface area contributed by atoms with Gasteiger partial charge in [0.15, 0.2) is 5.72 Å². The summed E-state index contributed by atoms with van der Waals surface area (Å²) in [5, 5.41) is 2.21. The Morgan fingerprint density at radius 2 is 1.86 bits per heavy atom.